The number of rotatable bonds is 5. The van der Waals surface area contributed by atoms with Gasteiger partial charge in [-0.3, -0.25) is 14.5 Å². The number of benzene rings is 1. The Morgan fingerprint density at radius 2 is 1.93 bits per heavy atom. The fraction of sp³-hybridized carbons (Fsp3) is 0.478. The van der Waals surface area contributed by atoms with Crippen LogP contribution in [0.25, 0.3) is 11.1 Å². The van der Waals surface area contributed by atoms with Crippen molar-refractivity contribution in [1.29, 1.82) is 0 Å². The van der Waals surface area contributed by atoms with Crippen LogP contribution in [0.2, 0.25) is 0 Å². The highest BCUT2D eigenvalue weighted by Gasteiger charge is 2.54. The molecule has 1 saturated carbocycles. The lowest BCUT2D eigenvalue weighted by atomic mass is 9.88. The molecule has 0 unspecified atom stereocenters. The molecular weight excluding hydrogens is 385 g/mol. The molecule has 7 heteroatoms. The molecule has 30 heavy (non-hydrogen) atoms. The Bertz CT molecular complexity index is 1030. The molecule has 5 rings (SSSR count). The minimum atomic E-state index is -0.399. The van der Waals surface area contributed by atoms with Gasteiger partial charge >= 0.3 is 0 Å². The number of likely N-dealkylation sites (N-methyl/N-ethyl adjacent to an activating group) is 1. The van der Waals surface area contributed by atoms with Gasteiger partial charge in [0.2, 0.25) is 5.91 Å². The van der Waals surface area contributed by atoms with Crippen molar-refractivity contribution >= 4 is 5.91 Å². The van der Waals surface area contributed by atoms with Crippen LogP contribution in [0.15, 0.2) is 41.2 Å². The van der Waals surface area contributed by atoms with E-state index in [0.29, 0.717) is 30.1 Å². The number of halogens is 1. The van der Waals surface area contributed by atoms with Gasteiger partial charge in [-0.25, -0.2) is 4.39 Å². The Kier molecular flexibility index (Phi) is 4.75. The molecule has 0 spiro atoms. The summed E-state index contributed by atoms with van der Waals surface area (Å²) >= 11 is 0. The number of aliphatic hydroxyl groups excluding tert-OH is 1. The number of aliphatic hydroxyl groups is 1. The Hall–Kier alpha value is -2.51. The first-order valence-electron chi connectivity index (χ1n) is 10.6. The van der Waals surface area contributed by atoms with E-state index in [4.69, 9.17) is 0 Å². The van der Waals surface area contributed by atoms with Crippen LogP contribution in [0.4, 0.5) is 4.39 Å². The molecule has 4 atom stereocenters. The Labute approximate surface area is 174 Å². The van der Waals surface area contributed by atoms with Gasteiger partial charge in [0.25, 0.3) is 5.56 Å². The fourth-order valence-electron chi connectivity index (χ4n) is 5.29. The maximum atomic E-state index is 13.3. The normalized spacial score (nSPS) is 27.7. The molecule has 2 aromatic rings. The summed E-state index contributed by atoms with van der Waals surface area (Å²) in [6, 6.07) is 9.14. The van der Waals surface area contributed by atoms with Crippen LogP contribution in [0, 0.1) is 23.6 Å². The van der Waals surface area contributed by atoms with Gasteiger partial charge in [0.1, 0.15) is 5.82 Å². The zero-order valence-corrected chi connectivity index (χ0v) is 16.9. The zero-order chi connectivity index (χ0) is 21.0. The molecule has 2 fully saturated rings. The van der Waals surface area contributed by atoms with Gasteiger partial charge < -0.3 is 15.0 Å². The lowest BCUT2D eigenvalue weighted by molar-refractivity contribution is -0.127. The molecule has 3 aliphatic rings. The second-order valence-electron chi connectivity index (χ2n) is 8.85. The Balaban J connectivity index is 1.45. The van der Waals surface area contributed by atoms with Gasteiger partial charge in [0, 0.05) is 42.8 Å². The first kappa shape index (κ1) is 19.5. The van der Waals surface area contributed by atoms with E-state index >= 15 is 0 Å². The summed E-state index contributed by atoms with van der Waals surface area (Å²) in [6.45, 7) is 1.07. The third-order valence-electron chi connectivity index (χ3n) is 7.04. The highest BCUT2D eigenvalue weighted by molar-refractivity contribution is 5.82. The van der Waals surface area contributed by atoms with Crippen LogP contribution >= 0.6 is 0 Å². The molecule has 6 nitrogen and oxygen atoms in total. The number of hydrogen-bond acceptors (Lipinski definition) is 4. The monoisotopic (exact) mass is 411 g/mol. The molecule has 0 radical (unpaired) electrons. The van der Waals surface area contributed by atoms with Crippen molar-refractivity contribution in [1.82, 2.24) is 14.8 Å². The van der Waals surface area contributed by atoms with Gasteiger partial charge in [-0.1, -0.05) is 12.1 Å². The minimum Gasteiger partial charge on any atom is -0.396 e. The number of fused-ring (bicyclic) bond motifs is 3. The molecule has 1 amide bonds. The van der Waals surface area contributed by atoms with Crippen molar-refractivity contribution in [3.8, 4) is 11.1 Å². The molecule has 1 saturated heterocycles. The average molecular weight is 411 g/mol. The number of nitrogens with one attached hydrogen (secondary N) is 1. The second-order valence-corrected chi connectivity index (χ2v) is 8.85. The topological polar surface area (TPSA) is 74.6 Å². The second kappa shape index (κ2) is 7.32. The van der Waals surface area contributed by atoms with E-state index in [0.717, 1.165) is 5.69 Å². The van der Waals surface area contributed by atoms with E-state index < -0.39 is 6.04 Å². The summed E-state index contributed by atoms with van der Waals surface area (Å²) in [5.41, 5.74) is 1.96. The summed E-state index contributed by atoms with van der Waals surface area (Å²) in [5.74, 6) is -0.0137. The van der Waals surface area contributed by atoms with Gasteiger partial charge in [-0.05, 0) is 55.6 Å². The van der Waals surface area contributed by atoms with Crippen molar-refractivity contribution < 1.29 is 14.3 Å². The SMILES string of the molecule is CN1[C@@H]2c3ccc(-c4ccc(F)cc4)c(=O)n3C[C@@H]2[C@@H](CO)[C@@H]1C(=O)NCC1CC1. The van der Waals surface area contributed by atoms with E-state index in [1.165, 1.54) is 25.0 Å². The van der Waals surface area contributed by atoms with Crippen molar-refractivity contribution in [2.24, 2.45) is 17.8 Å². The standard InChI is InChI=1S/C23H26FN3O3/c1-26-20-17(18(12-28)21(26)22(29)25-10-13-2-3-13)11-27-19(20)9-8-16(23(27)30)14-4-6-15(24)7-5-14/h4-9,13,17-18,20-21,28H,2-3,10-12H2,1H3,(H,25,29)/t17-,18-,20+,21-/m1/s1. The number of amides is 1. The average Bonchev–Trinajstić information content (AvgIpc) is 3.42. The van der Waals surface area contributed by atoms with E-state index in [-0.39, 0.29) is 41.8 Å². The molecule has 2 aliphatic heterocycles. The smallest absolute Gasteiger partial charge is 0.258 e. The summed E-state index contributed by atoms with van der Waals surface area (Å²) in [5, 5.41) is 13.2. The van der Waals surface area contributed by atoms with E-state index in [1.54, 1.807) is 22.8 Å². The maximum Gasteiger partial charge on any atom is 0.258 e. The zero-order valence-electron chi connectivity index (χ0n) is 16.9. The molecular formula is C23H26FN3O3. The van der Waals surface area contributed by atoms with Crippen molar-refractivity contribution in [2.75, 3.05) is 20.2 Å². The quantitative estimate of drug-likeness (QED) is 0.787. The molecule has 1 aromatic carbocycles. The van der Waals surface area contributed by atoms with Crippen LogP contribution in [-0.2, 0) is 11.3 Å². The van der Waals surface area contributed by atoms with Crippen LogP contribution in [0.5, 0.6) is 0 Å². The van der Waals surface area contributed by atoms with Gasteiger partial charge in [0.05, 0.1) is 12.1 Å². The molecule has 0 bridgehead atoms. The first-order valence-corrected chi connectivity index (χ1v) is 10.6. The van der Waals surface area contributed by atoms with Crippen molar-refractivity contribution in [3.05, 3.63) is 58.3 Å². The van der Waals surface area contributed by atoms with Gasteiger partial charge in [-0.15, -0.1) is 0 Å². The number of aromatic nitrogens is 1. The third-order valence-corrected chi connectivity index (χ3v) is 7.04. The van der Waals surface area contributed by atoms with E-state index in [2.05, 4.69) is 5.32 Å². The Morgan fingerprint density at radius 1 is 1.20 bits per heavy atom. The predicted octanol–water partition coefficient (Wildman–Crippen LogP) is 1.77. The number of pyridine rings is 1. The largest absolute Gasteiger partial charge is 0.396 e. The minimum absolute atomic E-state index is 0.00663. The van der Waals surface area contributed by atoms with Crippen LogP contribution in [0.1, 0.15) is 24.6 Å². The lowest BCUT2D eigenvalue weighted by Crippen LogP contribution is -2.47. The summed E-state index contributed by atoms with van der Waals surface area (Å²) < 4.78 is 15.0. The summed E-state index contributed by atoms with van der Waals surface area (Å²) in [4.78, 5) is 28.1. The number of carbonyl (C=O) groups excluding carboxylic acids is 1. The van der Waals surface area contributed by atoms with Crippen LogP contribution in [0.3, 0.4) is 0 Å². The Morgan fingerprint density at radius 3 is 2.60 bits per heavy atom. The molecule has 158 valence electrons. The number of hydrogen-bond donors (Lipinski definition) is 2. The lowest BCUT2D eigenvalue weighted by Gasteiger charge is -2.27. The number of nitrogens with zero attached hydrogens (tertiary/aromatic N) is 2. The maximum absolute atomic E-state index is 13.3. The van der Waals surface area contributed by atoms with Crippen LogP contribution in [-0.4, -0.2) is 46.7 Å². The summed E-state index contributed by atoms with van der Waals surface area (Å²) in [7, 11) is 1.91. The van der Waals surface area contributed by atoms with Crippen molar-refractivity contribution in [3.63, 3.8) is 0 Å². The molecule has 1 aliphatic carbocycles. The molecule has 2 N–H and O–H groups in total. The van der Waals surface area contributed by atoms with Gasteiger partial charge in [-0.2, -0.15) is 0 Å². The highest BCUT2D eigenvalue weighted by atomic mass is 19.1. The summed E-state index contributed by atoms with van der Waals surface area (Å²) in [6.07, 6.45) is 2.34. The number of carbonyl (C=O) groups is 1. The van der Waals surface area contributed by atoms with Crippen LogP contribution < -0.4 is 10.9 Å². The predicted molar refractivity (Wildman–Crippen MR) is 110 cm³/mol. The van der Waals surface area contributed by atoms with E-state index in [9.17, 15) is 19.1 Å². The highest BCUT2D eigenvalue weighted by Crippen LogP contribution is 2.48. The van der Waals surface area contributed by atoms with Gasteiger partial charge in [0.15, 0.2) is 0 Å². The third kappa shape index (κ3) is 3.08. The first-order chi connectivity index (χ1) is 14.5. The fourth-order valence-corrected chi connectivity index (χ4v) is 5.29. The van der Waals surface area contributed by atoms with E-state index in [1.807, 2.05) is 18.0 Å². The number of likely N-dealkylation sites (tertiary alicyclic amines) is 1. The molecule has 3 heterocycles. The van der Waals surface area contributed by atoms with Crippen molar-refractivity contribution in [2.45, 2.75) is 31.5 Å². The molecule has 1 aromatic heterocycles.